The van der Waals surface area contributed by atoms with E-state index in [1.807, 2.05) is 4.90 Å². The van der Waals surface area contributed by atoms with Gasteiger partial charge in [-0.05, 0) is 60.7 Å². The molecule has 1 aliphatic carbocycles. The van der Waals surface area contributed by atoms with Crippen molar-refractivity contribution >= 4 is 16.0 Å². The van der Waals surface area contributed by atoms with Gasteiger partial charge in [-0.25, -0.2) is 4.39 Å². The first-order chi connectivity index (χ1) is 14.2. The van der Waals surface area contributed by atoms with Crippen molar-refractivity contribution in [1.29, 1.82) is 0 Å². The minimum Gasteiger partial charge on any atom is -0.379 e. The molecule has 0 unspecified atom stereocenters. The fraction of sp³-hybridized carbons (Fsp3) is 0.435. The Kier molecular flexibility index (Phi) is 7.13. The number of carbonyl (C=O) groups is 1. The van der Waals surface area contributed by atoms with Crippen LogP contribution in [0.2, 0.25) is 0 Å². The Labute approximate surface area is 178 Å². The van der Waals surface area contributed by atoms with Crippen LogP contribution >= 0.6 is 0 Å². The number of carbonyl (C=O) groups excluding carboxylic acids is 1. The summed E-state index contributed by atoms with van der Waals surface area (Å²) in [5, 5.41) is 0. The zero-order valence-corrected chi connectivity index (χ0v) is 18.2. The van der Waals surface area contributed by atoms with E-state index in [4.69, 9.17) is 4.18 Å². The second-order valence-corrected chi connectivity index (χ2v) is 9.78. The van der Waals surface area contributed by atoms with Crippen LogP contribution in [0.4, 0.5) is 4.39 Å². The average molecular weight is 434 g/mol. The third kappa shape index (κ3) is 5.81. The molecule has 30 heavy (non-hydrogen) atoms. The third-order valence-electron chi connectivity index (χ3n) is 5.21. The second kappa shape index (κ2) is 9.60. The van der Waals surface area contributed by atoms with Gasteiger partial charge in [0, 0.05) is 19.0 Å². The summed E-state index contributed by atoms with van der Waals surface area (Å²) in [7, 11) is -4.04. The van der Waals surface area contributed by atoms with Crippen molar-refractivity contribution in [1.82, 2.24) is 4.90 Å². The third-order valence-corrected chi connectivity index (χ3v) is 6.47. The van der Waals surface area contributed by atoms with Gasteiger partial charge < -0.3 is 9.08 Å². The predicted octanol–water partition coefficient (Wildman–Crippen LogP) is 4.77. The van der Waals surface area contributed by atoms with Crippen LogP contribution in [0.15, 0.2) is 53.4 Å². The number of hydrogen-bond donors (Lipinski definition) is 0. The van der Waals surface area contributed by atoms with Gasteiger partial charge in [0.25, 0.3) is 0 Å². The Morgan fingerprint density at radius 2 is 1.67 bits per heavy atom. The van der Waals surface area contributed by atoms with Crippen molar-refractivity contribution in [2.75, 3.05) is 6.54 Å². The summed E-state index contributed by atoms with van der Waals surface area (Å²) in [5.41, 5.74) is 0.911. The highest BCUT2D eigenvalue weighted by molar-refractivity contribution is 7.87. The smallest absolute Gasteiger partial charge is 0.339 e. The molecule has 5 nitrogen and oxygen atoms in total. The molecule has 2 aromatic rings. The van der Waals surface area contributed by atoms with Crippen LogP contribution in [-0.4, -0.2) is 25.8 Å². The van der Waals surface area contributed by atoms with Gasteiger partial charge in [-0.1, -0.05) is 38.8 Å². The van der Waals surface area contributed by atoms with Crippen LogP contribution in [0.5, 0.6) is 5.75 Å². The summed E-state index contributed by atoms with van der Waals surface area (Å²) < 4.78 is 42.8. The number of halogens is 1. The van der Waals surface area contributed by atoms with E-state index in [9.17, 15) is 17.6 Å². The highest BCUT2D eigenvalue weighted by Crippen LogP contribution is 2.28. The first-order valence-corrected chi connectivity index (χ1v) is 11.7. The molecular weight excluding hydrogens is 405 g/mol. The molecule has 0 aliphatic heterocycles. The van der Waals surface area contributed by atoms with Crippen LogP contribution in [0.3, 0.4) is 0 Å². The first-order valence-electron chi connectivity index (χ1n) is 10.3. The molecule has 0 heterocycles. The van der Waals surface area contributed by atoms with Gasteiger partial charge in [0.15, 0.2) is 0 Å². The quantitative estimate of drug-likeness (QED) is 0.563. The van der Waals surface area contributed by atoms with Crippen molar-refractivity contribution < 1.29 is 21.8 Å². The van der Waals surface area contributed by atoms with Crippen LogP contribution in [0.25, 0.3) is 0 Å². The lowest BCUT2D eigenvalue weighted by Gasteiger charge is -2.27. The highest BCUT2D eigenvalue weighted by atomic mass is 32.2. The molecule has 7 heteroatoms. The van der Waals surface area contributed by atoms with Crippen LogP contribution in [-0.2, 0) is 21.5 Å². The lowest BCUT2D eigenvalue weighted by Crippen LogP contribution is -2.37. The van der Waals surface area contributed by atoms with Gasteiger partial charge in [-0.2, -0.15) is 8.42 Å². The maximum absolute atomic E-state index is 13.0. The molecule has 0 saturated heterocycles. The van der Waals surface area contributed by atoms with Gasteiger partial charge in [0.1, 0.15) is 16.5 Å². The number of rotatable bonds is 8. The minimum absolute atomic E-state index is 0.113. The van der Waals surface area contributed by atoms with E-state index in [-0.39, 0.29) is 22.5 Å². The van der Waals surface area contributed by atoms with Gasteiger partial charge >= 0.3 is 10.1 Å². The molecule has 0 N–H and O–H groups in total. The molecule has 0 bridgehead atoms. The minimum atomic E-state index is -4.04. The average Bonchev–Trinajstić information content (AvgIpc) is 3.23. The monoisotopic (exact) mass is 433 g/mol. The summed E-state index contributed by atoms with van der Waals surface area (Å²) >= 11 is 0. The van der Waals surface area contributed by atoms with Crippen LogP contribution in [0, 0.1) is 17.7 Å². The maximum atomic E-state index is 13.0. The van der Waals surface area contributed by atoms with Crippen molar-refractivity contribution in [3.63, 3.8) is 0 Å². The highest BCUT2D eigenvalue weighted by Gasteiger charge is 2.27. The zero-order chi connectivity index (χ0) is 21.7. The molecule has 1 amide bonds. The van der Waals surface area contributed by atoms with Gasteiger partial charge in [-0.3, -0.25) is 4.79 Å². The van der Waals surface area contributed by atoms with Gasteiger partial charge in [0.05, 0.1) is 0 Å². The molecule has 2 aromatic carbocycles. The SMILES string of the molecule is CC(C)CN(Cc1ccc(OS(=O)(=O)c2ccc(F)cc2)cc1)C(=O)C1CCCC1. The van der Waals surface area contributed by atoms with E-state index in [0.29, 0.717) is 19.0 Å². The molecule has 1 fully saturated rings. The standard InChI is InChI=1S/C23H28FNO4S/c1-17(2)15-25(23(26)19-5-3-4-6-19)16-18-7-11-21(12-8-18)29-30(27,28)22-13-9-20(24)10-14-22/h7-14,17,19H,3-6,15-16H2,1-2H3. The number of benzene rings is 2. The van der Waals surface area contributed by atoms with Gasteiger partial charge in [0.2, 0.25) is 5.91 Å². The molecule has 3 rings (SSSR count). The Morgan fingerprint density at radius 3 is 2.23 bits per heavy atom. The van der Waals surface area contributed by atoms with Crippen molar-refractivity contribution in [3.05, 3.63) is 59.9 Å². The predicted molar refractivity (Wildman–Crippen MR) is 113 cm³/mol. The Morgan fingerprint density at radius 1 is 1.07 bits per heavy atom. The van der Waals surface area contributed by atoms with E-state index in [2.05, 4.69) is 13.8 Å². The van der Waals surface area contributed by atoms with Crippen LogP contribution in [0.1, 0.15) is 45.1 Å². The summed E-state index contributed by atoms with van der Waals surface area (Å²) in [6.45, 7) is 5.35. The van der Waals surface area contributed by atoms with Crippen molar-refractivity contribution in [3.8, 4) is 5.75 Å². The summed E-state index contributed by atoms with van der Waals surface area (Å²) in [6, 6.07) is 11.2. The topological polar surface area (TPSA) is 63.7 Å². The molecule has 0 spiro atoms. The number of hydrogen-bond acceptors (Lipinski definition) is 4. The Balaban J connectivity index is 1.68. The molecular formula is C23H28FNO4S. The summed E-state index contributed by atoms with van der Waals surface area (Å²) in [4.78, 5) is 14.7. The van der Waals surface area contributed by atoms with E-state index >= 15 is 0 Å². The lowest BCUT2D eigenvalue weighted by molar-refractivity contribution is -0.136. The number of amides is 1. The molecule has 0 radical (unpaired) electrons. The van der Waals surface area contributed by atoms with Gasteiger partial charge in [-0.15, -0.1) is 0 Å². The largest absolute Gasteiger partial charge is 0.379 e. The van der Waals surface area contributed by atoms with E-state index in [1.54, 1.807) is 24.3 Å². The first kappa shape index (κ1) is 22.3. The second-order valence-electron chi connectivity index (χ2n) is 8.23. The fourth-order valence-electron chi connectivity index (χ4n) is 3.75. The molecule has 162 valence electrons. The van der Waals surface area contributed by atoms with E-state index in [1.165, 1.54) is 0 Å². The Bertz CT molecular complexity index is 950. The molecule has 0 atom stereocenters. The molecule has 1 aliphatic rings. The molecule has 0 aromatic heterocycles. The number of nitrogens with zero attached hydrogens (tertiary/aromatic N) is 1. The Hall–Kier alpha value is -2.41. The van der Waals surface area contributed by atoms with Crippen molar-refractivity contribution in [2.45, 2.75) is 51.0 Å². The van der Waals surface area contributed by atoms with E-state index in [0.717, 1.165) is 55.5 Å². The summed E-state index contributed by atoms with van der Waals surface area (Å²) in [6.07, 6.45) is 4.14. The van der Waals surface area contributed by atoms with E-state index < -0.39 is 15.9 Å². The molecule has 1 saturated carbocycles. The zero-order valence-electron chi connectivity index (χ0n) is 17.4. The summed E-state index contributed by atoms with van der Waals surface area (Å²) in [5.74, 6) is 0.337. The lowest BCUT2D eigenvalue weighted by atomic mass is 10.0. The van der Waals surface area contributed by atoms with Crippen molar-refractivity contribution in [2.24, 2.45) is 11.8 Å². The normalized spacial score (nSPS) is 14.8. The van der Waals surface area contributed by atoms with Crippen LogP contribution < -0.4 is 4.18 Å². The maximum Gasteiger partial charge on any atom is 0.339 e. The fourth-order valence-corrected chi connectivity index (χ4v) is 4.68.